The van der Waals surface area contributed by atoms with Crippen LogP contribution in [0.3, 0.4) is 0 Å². The summed E-state index contributed by atoms with van der Waals surface area (Å²) < 4.78 is 6.10. The van der Waals surface area contributed by atoms with Gasteiger partial charge >= 0.3 is 0 Å². The van der Waals surface area contributed by atoms with Crippen LogP contribution in [-0.4, -0.2) is 16.5 Å². The molecule has 5 rings (SSSR count). The number of aromatic nitrogens is 2. The molecule has 114 valence electrons. The maximum Gasteiger partial charge on any atom is 0.196 e. The molecule has 23 heavy (non-hydrogen) atoms. The lowest BCUT2D eigenvalue weighted by molar-refractivity contribution is 0.654. The van der Waals surface area contributed by atoms with Gasteiger partial charge in [-0.2, -0.15) is 0 Å². The zero-order valence-electron chi connectivity index (χ0n) is 12.5. The quantitative estimate of drug-likeness (QED) is 0.533. The highest BCUT2D eigenvalue weighted by molar-refractivity contribution is 7.10. The Bertz CT molecular complexity index is 976. The van der Waals surface area contributed by atoms with Gasteiger partial charge in [-0.3, -0.25) is 0 Å². The van der Waals surface area contributed by atoms with Crippen LogP contribution >= 0.6 is 11.3 Å². The van der Waals surface area contributed by atoms with Crippen LogP contribution in [0.5, 0.6) is 0 Å². The molecule has 0 saturated carbocycles. The predicted molar refractivity (Wildman–Crippen MR) is 93.0 cm³/mol. The lowest BCUT2D eigenvalue weighted by Gasteiger charge is -2.24. The summed E-state index contributed by atoms with van der Waals surface area (Å²) in [6.07, 6.45) is 3.99. The van der Waals surface area contributed by atoms with E-state index in [-0.39, 0.29) is 0 Å². The number of nitrogens with zero attached hydrogens (tertiary/aromatic N) is 3. The van der Waals surface area contributed by atoms with E-state index in [9.17, 15) is 0 Å². The molecule has 5 heteroatoms. The van der Waals surface area contributed by atoms with Gasteiger partial charge in [0, 0.05) is 16.8 Å². The third-order valence-electron chi connectivity index (χ3n) is 4.54. The number of para-hydroxylation sites is 1. The van der Waals surface area contributed by atoms with Crippen LogP contribution in [0.4, 0.5) is 5.82 Å². The van der Waals surface area contributed by atoms with E-state index in [0.29, 0.717) is 6.04 Å². The zero-order chi connectivity index (χ0) is 15.2. The van der Waals surface area contributed by atoms with Gasteiger partial charge in [-0.25, -0.2) is 9.97 Å². The Labute approximate surface area is 137 Å². The van der Waals surface area contributed by atoms with Gasteiger partial charge in [0.25, 0.3) is 0 Å². The van der Waals surface area contributed by atoms with Crippen LogP contribution in [0.2, 0.25) is 0 Å². The first-order valence-corrected chi connectivity index (χ1v) is 8.72. The molecule has 1 aromatic carbocycles. The lowest BCUT2D eigenvalue weighted by atomic mass is 10.2. The molecule has 0 unspecified atom stereocenters. The molecular weight excluding hydrogens is 306 g/mol. The highest BCUT2D eigenvalue weighted by atomic mass is 32.1. The maximum absolute atomic E-state index is 6.10. The first kappa shape index (κ1) is 13.1. The van der Waals surface area contributed by atoms with Crippen molar-refractivity contribution in [3.8, 4) is 0 Å². The van der Waals surface area contributed by atoms with Crippen molar-refractivity contribution in [2.75, 3.05) is 11.4 Å². The molecule has 1 saturated heterocycles. The maximum atomic E-state index is 6.10. The summed E-state index contributed by atoms with van der Waals surface area (Å²) in [7, 11) is 0. The van der Waals surface area contributed by atoms with E-state index in [2.05, 4.69) is 38.4 Å². The Morgan fingerprint density at radius 3 is 3.00 bits per heavy atom. The Balaban J connectivity index is 1.70. The Hall–Kier alpha value is -2.40. The summed E-state index contributed by atoms with van der Waals surface area (Å²) in [5, 5.41) is 3.20. The summed E-state index contributed by atoms with van der Waals surface area (Å²) >= 11 is 1.81. The number of furan rings is 1. The molecule has 4 heterocycles. The second kappa shape index (κ2) is 5.06. The lowest BCUT2D eigenvalue weighted by Crippen LogP contribution is -2.23. The van der Waals surface area contributed by atoms with Gasteiger partial charge in [-0.05, 0) is 36.4 Å². The fourth-order valence-electron chi connectivity index (χ4n) is 3.51. The number of hydrogen-bond acceptors (Lipinski definition) is 5. The third kappa shape index (κ3) is 1.96. The first-order valence-electron chi connectivity index (χ1n) is 7.84. The summed E-state index contributed by atoms with van der Waals surface area (Å²) in [5.41, 5.74) is 2.58. The Kier molecular flexibility index (Phi) is 2.88. The van der Waals surface area contributed by atoms with E-state index in [1.165, 1.54) is 11.3 Å². The standard InChI is InChI=1S/C18H15N3OS/c1-2-7-14-12(5-1)16-17(22-14)18(20-11-19-16)21-9-3-6-13(21)15-8-4-10-23-15/h1-2,4-5,7-8,10-11,13H,3,6,9H2/t13-/m0/s1. The van der Waals surface area contributed by atoms with Gasteiger partial charge in [0.05, 0.1) is 6.04 Å². The minimum atomic E-state index is 0.390. The molecular formula is C18H15N3OS. The van der Waals surface area contributed by atoms with Crippen molar-refractivity contribution >= 4 is 39.2 Å². The second-order valence-electron chi connectivity index (χ2n) is 5.84. The van der Waals surface area contributed by atoms with Gasteiger partial charge in [0.15, 0.2) is 11.4 Å². The van der Waals surface area contributed by atoms with E-state index < -0.39 is 0 Å². The zero-order valence-corrected chi connectivity index (χ0v) is 13.3. The number of anilines is 1. The first-order chi connectivity index (χ1) is 11.4. The van der Waals surface area contributed by atoms with Crippen LogP contribution in [0.1, 0.15) is 23.8 Å². The van der Waals surface area contributed by atoms with Crippen LogP contribution in [0.15, 0.2) is 52.5 Å². The van der Waals surface area contributed by atoms with E-state index in [0.717, 1.165) is 40.9 Å². The normalized spacial score (nSPS) is 18.3. The largest absolute Gasteiger partial charge is 0.450 e. The van der Waals surface area contributed by atoms with Gasteiger partial charge in [0.2, 0.25) is 0 Å². The summed E-state index contributed by atoms with van der Waals surface area (Å²) in [6, 6.07) is 12.8. The highest BCUT2D eigenvalue weighted by Crippen LogP contribution is 2.41. The smallest absolute Gasteiger partial charge is 0.196 e. The summed E-state index contributed by atoms with van der Waals surface area (Å²) in [4.78, 5) is 12.8. The predicted octanol–water partition coefficient (Wildman–Crippen LogP) is 4.78. The summed E-state index contributed by atoms with van der Waals surface area (Å²) in [5.74, 6) is 0.919. The van der Waals surface area contributed by atoms with Gasteiger partial charge in [0.1, 0.15) is 17.4 Å². The van der Waals surface area contributed by atoms with Crippen molar-refractivity contribution in [3.05, 3.63) is 53.0 Å². The van der Waals surface area contributed by atoms with Crippen LogP contribution in [0.25, 0.3) is 22.1 Å². The number of hydrogen-bond donors (Lipinski definition) is 0. The van der Waals surface area contributed by atoms with Crippen molar-refractivity contribution in [3.63, 3.8) is 0 Å². The molecule has 0 amide bonds. The van der Waals surface area contributed by atoms with Crippen molar-refractivity contribution < 1.29 is 4.42 Å². The molecule has 1 aliphatic rings. The number of rotatable bonds is 2. The SMILES string of the molecule is c1csc([C@@H]2CCCN2c2ncnc3c2oc2ccccc23)c1. The minimum Gasteiger partial charge on any atom is -0.450 e. The Morgan fingerprint density at radius 1 is 1.13 bits per heavy atom. The van der Waals surface area contributed by atoms with Gasteiger partial charge in [-0.1, -0.05) is 18.2 Å². The molecule has 0 spiro atoms. The van der Waals surface area contributed by atoms with Crippen LogP contribution in [-0.2, 0) is 0 Å². The van der Waals surface area contributed by atoms with Crippen LogP contribution < -0.4 is 4.90 Å². The molecule has 4 nitrogen and oxygen atoms in total. The molecule has 1 aliphatic heterocycles. The highest BCUT2D eigenvalue weighted by Gasteiger charge is 2.30. The number of fused-ring (bicyclic) bond motifs is 3. The Morgan fingerprint density at radius 2 is 2.09 bits per heavy atom. The fraction of sp³-hybridized carbons (Fsp3) is 0.222. The molecule has 0 aliphatic carbocycles. The second-order valence-corrected chi connectivity index (χ2v) is 6.82. The number of thiophene rings is 1. The average Bonchev–Trinajstić information content (AvgIpc) is 3.32. The average molecular weight is 321 g/mol. The minimum absolute atomic E-state index is 0.390. The topological polar surface area (TPSA) is 42.2 Å². The monoisotopic (exact) mass is 321 g/mol. The molecule has 1 fully saturated rings. The van der Waals surface area contributed by atoms with Crippen LogP contribution in [0, 0.1) is 0 Å². The summed E-state index contributed by atoms with van der Waals surface area (Å²) in [6.45, 7) is 1.01. The molecule has 4 aromatic rings. The van der Waals surface area contributed by atoms with Gasteiger partial charge < -0.3 is 9.32 Å². The van der Waals surface area contributed by atoms with E-state index in [1.807, 2.05) is 29.5 Å². The van der Waals surface area contributed by atoms with Gasteiger partial charge in [-0.15, -0.1) is 11.3 Å². The van der Waals surface area contributed by atoms with E-state index in [4.69, 9.17) is 4.42 Å². The molecule has 1 atom stereocenters. The molecule has 0 radical (unpaired) electrons. The van der Waals surface area contributed by atoms with Crippen molar-refractivity contribution in [1.82, 2.24) is 9.97 Å². The van der Waals surface area contributed by atoms with Crippen molar-refractivity contribution in [2.45, 2.75) is 18.9 Å². The molecule has 3 aromatic heterocycles. The number of benzene rings is 1. The fourth-order valence-corrected chi connectivity index (χ4v) is 4.39. The van der Waals surface area contributed by atoms with Crippen molar-refractivity contribution in [1.29, 1.82) is 0 Å². The van der Waals surface area contributed by atoms with E-state index >= 15 is 0 Å². The third-order valence-corrected chi connectivity index (χ3v) is 5.51. The molecule has 0 bridgehead atoms. The van der Waals surface area contributed by atoms with E-state index in [1.54, 1.807) is 6.33 Å². The van der Waals surface area contributed by atoms with Crippen molar-refractivity contribution in [2.24, 2.45) is 0 Å². The molecule has 0 N–H and O–H groups in total.